The van der Waals surface area contributed by atoms with Crippen molar-refractivity contribution in [1.29, 1.82) is 0 Å². The number of alkyl halides is 3. The third-order valence-corrected chi connectivity index (χ3v) is 5.27. The van der Waals surface area contributed by atoms with Crippen LogP contribution in [0.4, 0.5) is 13.2 Å². The molecule has 0 bridgehead atoms. The second-order valence-corrected chi connectivity index (χ2v) is 7.30. The molecule has 0 saturated carbocycles. The van der Waals surface area contributed by atoms with Gasteiger partial charge >= 0.3 is 6.18 Å². The number of hydrogen-bond donors (Lipinski definition) is 1. The first-order valence-electron chi connectivity index (χ1n) is 7.22. The zero-order valence-electron chi connectivity index (χ0n) is 12.3. The summed E-state index contributed by atoms with van der Waals surface area (Å²) in [5.41, 5.74) is 0. The van der Waals surface area contributed by atoms with E-state index in [0.717, 1.165) is 13.0 Å². The summed E-state index contributed by atoms with van der Waals surface area (Å²) in [4.78, 5) is 1.24. The Morgan fingerprint density at radius 2 is 1.71 bits per heavy atom. The smallest absolute Gasteiger partial charge is 0.317 e. The van der Waals surface area contributed by atoms with E-state index in [-0.39, 0.29) is 31.9 Å². The average molecular weight is 331 g/mol. The second kappa shape index (κ2) is 8.30. The van der Waals surface area contributed by atoms with E-state index >= 15 is 0 Å². The number of rotatable bonds is 8. The van der Waals surface area contributed by atoms with Crippen LogP contribution in [0.25, 0.3) is 0 Å². The Hall–Kier alpha value is -0.380. The maximum atomic E-state index is 12.3. The van der Waals surface area contributed by atoms with Gasteiger partial charge in [-0.25, -0.2) is 8.42 Å². The summed E-state index contributed by atoms with van der Waals surface area (Å²) >= 11 is 0. The first kappa shape index (κ1) is 18.7. The van der Waals surface area contributed by atoms with Gasteiger partial charge in [0.1, 0.15) is 0 Å². The van der Waals surface area contributed by atoms with Crippen molar-refractivity contribution in [3.8, 4) is 0 Å². The maximum absolute atomic E-state index is 12.3. The van der Waals surface area contributed by atoms with E-state index in [1.807, 2.05) is 6.92 Å². The van der Waals surface area contributed by atoms with Gasteiger partial charge in [-0.3, -0.25) is 4.90 Å². The lowest BCUT2D eigenvalue weighted by Gasteiger charge is -2.34. The van der Waals surface area contributed by atoms with Gasteiger partial charge in [0.25, 0.3) is 0 Å². The van der Waals surface area contributed by atoms with Crippen LogP contribution in [0.3, 0.4) is 0 Å². The van der Waals surface area contributed by atoms with Crippen molar-refractivity contribution in [2.75, 3.05) is 51.6 Å². The summed E-state index contributed by atoms with van der Waals surface area (Å²) in [5, 5.41) is 3.13. The molecule has 0 radical (unpaired) electrons. The van der Waals surface area contributed by atoms with Gasteiger partial charge in [-0.1, -0.05) is 6.92 Å². The summed E-state index contributed by atoms with van der Waals surface area (Å²) in [5.74, 6) is 0.0446. The van der Waals surface area contributed by atoms with Crippen LogP contribution < -0.4 is 5.32 Å². The third-order valence-electron chi connectivity index (χ3n) is 3.31. The van der Waals surface area contributed by atoms with Crippen LogP contribution in [-0.2, 0) is 10.0 Å². The third kappa shape index (κ3) is 7.44. The predicted molar refractivity (Wildman–Crippen MR) is 75.6 cm³/mol. The monoisotopic (exact) mass is 331 g/mol. The SMILES string of the molecule is CCCNCCCS(=O)(=O)N1CCN(CC(F)(F)F)CC1. The molecule has 9 heteroatoms. The zero-order valence-corrected chi connectivity index (χ0v) is 13.1. The Morgan fingerprint density at radius 3 is 2.24 bits per heavy atom. The molecule has 5 nitrogen and oxygen atoms in total. The fourth-order valence-electron chi connectivity index (χ4n) is 2.23. The molecule has 21 heavy (non-hydrogen) atoms. The van der Waals surface area contributed by atoms with Crippen LogP contribution in [-0.4, -0.2) is 75.4 Å². The van der Waals surface area contributed by atoms with E-state index in [1.54, 1.807) is 0 Å². The van der Waals surface area contributed by atoms with E-state index in [2.05, 4.69) is 5.32 Å². The van der Waals surface area contributed by atoms with Gasteiger partial charge in [0.2, 0.25) is 10.0 Å². The zero-order chi connectivity index (χ0) is 15.9. The fraction of sp³-hybridized carbons (Fsp3) is 1.00. The summed E-state index contributed by atoms with van der Waals surface area (Å²) < 4.78 is 62.2. The van der Waals surface area contributed by atoms with E-state index in [9.17, 15) is 21.6 Å². The molecule has 1 heterocycles. The standard InChI is InChI=1S/C12H24F3N3O2S/c1-2-4-16-5-3-10-21(19,20)18-8-6-17(7-9-18)11-12(13,14)15/h16H,2-11H2,1H3. The molecule has 0 aliphatic carbocycles. The minimum Gasteiger partial charge on any atom is -0.317 e. The molecule has 0 aromatic heterocycles. The lowest BCUT2D eigenvalue weighted by molar-refractivity contribution is -0.148. The molecule has 1 rings (SSSR count). The van der Waals surface area contributed by atoms with E-state index < -0.39 is 22.7 Å². The topological polar surface area (TPSA) is 52.7 Å². The van der Waals surface area contributed by atoms with E-state index in [4.69, 9.17) is 0 Å². The quantitative estimate of drug-likeness (QED) is 0.671. The minimum atomic E-state index is -4.23. The van der Waals surface area contributed by atoms with Gasteiger partial charge in [0, 0.05) is 26.2 Å². The fourth-order valence-corrected chi connectivity index (χ4v) is 3.72. The normalized spacial score (nSPS) is 19.0. The van der Waals surface area contributed by atoms with Crippen LogP contribution in [0.2, 0.25) is 0 Å². The molecule has 1 aliphatic rings. The minimum absolute atomic E-state index is 0.0446. The predicted octanol–water partition coefficient (Wildman–Crippen LogP) is 0.886. The Balaban J connectivity index is 2.31. The Bertz CT molecular complexity index is 393. The molecule has 0 amide bonds. The van der Waals surface area contributed by atoms with Crippen molar-refractivity contribution in [2.24, 2.45) is 0 Å². The second-order valence-electron chi connectivity index (χ2n) is 5.21. The van der Waals surface area contributed by atoms with Gasteiger partial charge in [0.15, 0.2) is 0 Å². The highest BCUT2D eigenvalue weighted by Gasteiger charge is 2.34. The van der Waals surface area contributed by atoms with Crippen molar-refractivity contribution >= 4 is 10.0 Å². The van der Waals surface area contributed by atoms with E-state index in [1.165, 1.54) is 9.21 Å². The Kier molecular flexibility index (Phi) is 7.38. The van der Waals surface area contributed by atoms with Crippen LogP contribution in [0.15, 0.2) is 0 Å². The number of piperazine rings is 1. The molecule has 0 atom stereocenters. The van der Waals surface area contributed by atoms with Crippen molar-refractivity contribution in [2.45, 2.75) is 25.9 Å². The number of nitrogens with zero attached hydrogens (tertiary/aromatic N) is 2. The summed E-state index contributed by atoms with van der Waals surface area (Å²) in [6.07, 6.45) is -2.72. The highest BCUT2D eigenvalue weighted by atomic mass is 32.2. The van der Waals surface area contributed by atoms with Gasteiger partial charge in [-0.05, 0) is 25.9 Å². The van der Waals surface area contributed by atoms with Gasteiger partial charge in [0.05, 0.1) is 12.3 Å². The highest BCUT2D eigenvalue weighted by Crippen LogP contribution is 2.18. The van der Waals surface area contributed by atoms with Crippen LogP contribution >= 0.6 is 0 Å². The molecule has 1 saturated heterocycles. The van der Waals surface area contributed by atoms with Gasteiger partial charge in [-0.15, -0.1) is 0 Å². The Morgan fingerprint density at radius 1 is 1.10 bits per heavy atom. The molecule has 0 aromatic rings. The lowest BCUT2D eigenvalue weighted by atomic mass is 10.3. The first-order chi connectivity index (χ1) is 9.74. The molecular formula is C12H24F3N3O2S. The summed E-state index contributed by atoms with van der Waals surface area (Å²) in [6, 6.07) is 0. The molecule has 1 aliphatic heterocycles. The van der Waals surface area contributed by atoms with Crippen LogP contribution in [0.5, 0.6) is 0 Å². The van der Waals surface area contributed by atoms with Crippen molar-refractivity contribution < 1.29 is 21.6 Å². The van der Waals surface area contributed by atoms with E-state index in [0.29, 0.717) is 13.0 Å². The molecule has 1 fully saturated rings. The largest absolute Gasteiger partial charge is 0.401 e. The maximum Gasteiger partial charge on any atom is 0.401 e. The molecule has 0 spiro atoms. The number of hydrogen-bond acceptors (Lipinski definition) is 4. The summed E-state index contributed by atoms with van der Waals surface area (Å²) in [6.45, 7) is 3.10. The first-order valence-corrected chi connectivity index (χ1v) is 8.83. The van der Waals surface area contributed by atoms with Crippen LogP contribution in [0.1, 0.15) is 19.8 Å². The average Bonchev–Trinajstić information content (AvgIpc) is 2.37. The summed E-state index contributed by atoms with van der Waals surface area (Å²) in [7, 11) is -3.35. The van der Waals surface area contributed by atoms with Crippen molar-refractivity contribution in [3.63, 3.8) is 0 Å². The highest BCUT2D eigenvalue weighted by molar-refractivity contribution is 7.89. The molecule has 1 N–H and O–H groups in total. The number of nitrogens with one attached hydrogen (secondary N) is 1. The molecule has 0 aromatic carbocycles. The van der Waals surface area contributed by atoms with Crippen molar-refractivity contribution in [3.05, 3.63) is 0 Å². The number of halogens is 3. The number of sulfonamides is 1. The molecule has 0 unspecified atom stereocenters. The van der Waals surface area contributed by atoms with Crippen molar-refractivity contribution in [1.82, 2.24) is 14.5 Å². The van der Waals surface area contributed by atoms with Crippen LogP contribution in [0, 0.1) is 0 Å². The molecule has 126 valence electrons. The lowest BCUT2D eigenvalue weighted by Crippen LogP contribution is -2.51. The van der Waals surface area contributed by atoms with Gasteiger partial charge < -0.3 is 5.32 Å². The molecular weight excluding hydrogens is 307 g/mol. The van der Waals surface area contributed by atoms with Gasteiger partial charge in [-0.2, -0.15) is 17.5 Å². The Labute approximate surface area is 124 Å².